The van der Waals surface area contributed by atoms with Crippen molar-refractivity contribution in [2.24, 2.45) is 16.8 Å². The Labute approximate surface area is 121 Å². The smallest absolute Gasteiger partial charge is 0.228 e. The Morgan fingerprint density at radius 2 is 2.40 bits per heavy atom. The fraction of sp³-hybridized carbons (Fsp3) is 0.385. The molecule has 1 aliphatic rings. The van der Waals surface area contributed by atoms with Crippen LogP contribution in [-0.4, -0.2) is 35.6 Å². The molecular weight excluding hydrogens is 278 g/mol. The van der Waals surface area contributed by atoms with Crippen molar-refractivity contribution >= 4 is 29.2 Å². The Balaban J connectivity index is 2.30. The van der Waals surface area contributed by atoms with Crippen LogP contribution in [0, 0.1) is 5.92 Å². The minimum Gasteiger partial charge on any atom is -0.495 e. The van der Waals surface area contributed by atoms with Gasteiger partial charge in [-0.1, -0.05) is 11.2 Å². The summed E-state index contributed by atoms with van der Waals surface area (Å²) in [5, 5.41) is 14.6. The first kappa shape index (κ1) is 14.5. The van der Waals surface area contributed by atoms with E-state index in [-0.39, 0.29) is 17.7 Å². The molecule has 2 rings (SSSR count). The Morgan fingerprint density at radius 1 is 1.60 bits per heavy atom. The van der Waals surface area contributed by atoms with Gasteiger partial charge in [0.15, 0.2) is 5.84 Å². The molecule has 1 aliphatic heterocycles. The number of hydrogen-bond donors (Lipinski definition) is 3. The number of amidine groups is 1. The average Bonchev–Trinajstić information content (AvgIpc) is 3.01. The monoisotopic (exact) mass is 295 g/mol. The zero-order valence-electron chi connectivity index (χ0n) is 11.1. The lowest BCUT2D eigenvalue weighted by atomic mass is 10.1. The summed E-state index contributed by atoms with van der Waals surface area (Å²) in [4.78, 5) is 12.2. The van der Waals surface area contributed by atoms with Crippen LogP contribution in [0.4, 0.5) is 5.69 Å². The molecule has 20 heavy (non-hydrogen) atoms. The van der Waals surface area contributed by atoms with Crippen LogP contribution in [0.25, 0.3) is 0 Å². The number of oxime groups is 1. The van der Waals surface area contributed by atoms with E-state index in [0.29, 0.717) is 17.0 Å². The number of amides is 1. The van der Waals surface area contributed by atoms with Crippen molar-refractivity contribution in [1.29, 1.82) is 0 Å². The highest BCUT2D eigenvalue weighted by atomic mass is 32.2. The Hall–Kier alpha value is -1.89. The van der Waals surface area contributed by atoms with Gasteiger partial charge >= 0.3 is 0 Å². The molecule has 1 aromatic carbocycles. The van der Waals surface area contributed by atoms with Crippen molar-refractivity contribution in [3.63, 3.8) is 0 Å². The van der Waals surface area contributed by atoms with Gasteiger partial charge in [0, 0.05) is 17.2 Å². The van der Waals surface area contributed by atoms with E-state index in [4.69, 9.17) is 15.7 Å². The number of benzene rings is 1. The van der Waals surface area contributed by atoms with Gasteiger partial charge in [0.2, 0.25) is 5.91 Å². The standard InChI is InChI=1S/C13H17N3O3S/c1-19-10-4-2-3-9(12(14)16-18)11(10)15-13(17)8-5-6-20-7-8/h2-4,8,18H,5-7H2,1H3,(H2,14,16)(H,15,17). The molecule has 4 N–H and O–H groups in total. The van der Waals surface area contributed by atoms with E-state index in [2.05, 4.69) is 10.5 Å². The topological polar surface area (TPSA) is 96.9 Å². The number of ether oxygens (including phenoxy) is 1. The highest BCUT2D eigenvalue weighted by Gasteiger charge is 2.25. The first-order chi connectivity index (χ1) is 9.67. The molecule has 1 heterocycles. The molecule has 1 fully saturated rings. The van der Waals surface area contributed by atoms with E-state index < -0.39 is 0 Å². The van der Waals surface area contributed by atoms with Crippen molar-refractivity contribution in [3.05, 3.63) is 23.8 Å². The molecule has 1 aromatic rings. The minimum absolute atomic E-state index is 0.00921. The molecule has 0 radical (unpaired) electrons. The fourth-order valence-electron chi connectivity index (χ4n) is 2.06. The quantitative estimate of drug-likeness (QED) is 0.338. The number of carbonyl (C=O) groups is 1. The van der Waals surface area contributed by atoms with Gasteiger partial charge < -0.3 is 21.0 Å². The second-order valence-corrected chi connectivity index (χ2v) is 5.57. The van der Waals surface area contributed by atoms with Crippen LogP contribution in [0.1, 0.15) is 12.0 Å². The minimum atomic E-state index is -0.0694. The van der Waals surface area contributed by atoms with Gasteiger partial charge in [-0.05, 0) is 24.3 Å². The maximum absolute atomic E-state index is 12.2. The number of hydrogen-bond acceptors (Lipinski definition) is 5. The second-order valence-electron chi connectivity index (χ2n) is 4.42. The molecular formula is C13H17N3O3S. The first-order valence-corrected chi connectivity index (χ1v) is 7.36. The fourth-order valence-corrected chi connectivity index (χ4v) is 3.28. The molecule has 0 spiro atoms. The SMILES string of the molecule is COc1cccc(/C(N)=N/O)c1NC(=O)C1CCSC1. The van der Waals surface area contributed by atoms with Crippen molar-refractivity contribution in [2.45, 2.75) is 6.42 Å². The lowest BCUT2D eigenvalue weighted by Gasteiger charge is -2.16. The van der Waals surface area contributed by atoms with E-state index in [0.717, 1.165) is 17.9 Å². The van der Waals surface area contributed by atoms with E-state index >= 15 is 0 Å². The number of nitrogens with two attached hydrogens (primary N) is 1. The molecule has 0 saturated carbocycles. The van der Waals surface area contributed by atoms with Crippen molar-refractivity contribution in [1.82, 2.24) is 0 Å². The Morgan fingerprint density at radius 3 is 3.00 bits per heavy atom. The average molecular weight is 295 g/mol. The van der Waals surface area contributed by atoms with Gasteiger partial charge in [0.25, 0.3) is 0 Å². The number of thioether (sulfide) groups is 1. The van der Waals surface area contributed by atoms with Gasteiger partial charge in [0.1, 0.15) is 5.75 Å². The maximum atomic E-state index is 12.2. The van der Waals surface area contributed by atoms with Crippen molar-refractivity contribution in [3.8, 4) is 5.75 Å². The van der Waals surface area contributed by atoms with E-state index in [1.165, 1.54) is 7.11 Å². The van der Waals surface area contributed by atoms with E-state index in [1.54, 1.807) is 30.0 Å². The van der Waals surface area contributed by atoms with Crippen molar-refractivity contribution in [2.75, 3.05) is 23.9 Å². The lowest BCUT2D eigenvalue weighted by Crippen LogP contribution is -2.25. The summed E-state index contributed by atoms with van der Waals surface area (Å²) in [6, 6.07) is 5.09. The third-order valence-electron chi connectivity index (χ3n) is 3.18. The summed E-state index contributed by atoms with van der Waals surface area (Å²) in [7, 11) is 1.51. The molecule has 0 bridgehead atoms. The van der Waals surface area contributed by atoms with Crippen LogP contribution in [0.3, 0.4) is 0 Å². The first-order valence-electron chi connectivity index (χ1n) is 6.21. The number of methoxy groups -OCH3 is 1. The lowest BCUT2D eigenvalue weighted by molar-refractivity contribution is -0.119. The van der Waals surface area contributed by atoms with Gasteiger partial charge in [-0.2, -0.15) is 11.8 Å². The molecule has 0 aromatic heterocycles. The highest BCUT2D eigenvalue weighted by Crippen LogP contribution is 2.31. The van der Waals surface area contributed by atoms with Gasteiger partial charge in [0.05, 0.1) is 12.8 Å². The molecule has 1 atom stereocenters. The number of para-hydroxylation sites is 1. The normalized spacial score (nSPS) is 18.9. The van der Waals surface area contributed by atoms with Gasteiger partial charge in [-0.3, -0.25) is 4.79 Å². The van der Waals surface area contributed by atoms with Crippen LogP contribution in [0.15, 0.2) is 23.4 Å². The molecule has 1 amide bonds. The van der Waals surface area contributed by atoms with Crippen LogP contribution in [-0.2, 0) is 4.79 Å². The number of anilines is 1. The molecule has 7 heteroatoms. The zero-order chi connectivity index (χ0) is 14.5. The maximum Gasteiger partial charge on any atom is 0.228 e. The summed E-state index contributed by atoms with van der Waals surface area (Å²) >= 11 is 1.77. The summed E-state index contributed by atoms with van der Waals surface area (Å²) < 4.78 is 5.23. The molecule has 0 aliphatic carbocycles. The van der Waals surface area contributed by atoms with Gasteiger partial charge in [-0.25, -0.2) is 0 Å². The van der Waals surface area contributed by atoms with E-state index in [9.17, 15) is 4.79 Å². The molecule has 6 nitrogen and oxygen atoms in total. The second kappa shape index (κ2) is 6.51. The van der Waals surface area contributed by atoms with Crippen molar-refractivity contribution < 1.29 is 14.7 Å². The van der Waals surface area contributed by atoms with Crippen LogP contribution in [0.5, 0.6) is 5.75 Å². The largest absolute Gasteiger partial charge is 0.495 e. The Kier molecular flexibility index (Phi) is 4.73. The number of carbonyl (C=O) groups excluding carboxylic acids is 1. The highest BCUT2D eigenvalue weighted by molar-refractivity contribution is 7.99. The summed E-state index contributed by atoms with van der Waals surface area (Å²) in [6.45, 7) is 0. The number of rotatable bonds is 4. The Bertz CT molecular complexity index is 528. The summed E-state index contributed by atoms with van der Waals surface area (Å²) in [6.07, 6.45) is 0.866. The summed E-state index contributed by atoms with van der Waals surface area (Å²) in [5.74, 6) is 2.15. The summed E-state index contributed by atoms with van der Waals surface area (Å²) in [5.41, 5.74) is 6.51. The number of nitrogens with zero attached hydrogens (tertiary/aromatic N) is 1. The van der Waals surface area contributed by atoms with Crippen LogP contribution < -0.4 is 15.8 Å². The molecule has 1 saturated heterocycles. The van der Waals surface area contributed by atoms with Crippen LogP contribution in [0.2, 0.25) is 0 Å². The molecule has 108 valence electrons. The molecule has 1 unspecified atom stereocenters. The zero-order valence-corrected chi connectivity index (χ0v) is 11.9. The predicted molar refractivity (Wildman–Crippen MR) is 79.6 cm³/mol. The third-order valence-corrected chi connectivity index (χ3v) is 4.34. The number of nitrogens with one attached hydrogen (secondary N) is 1. The third kappa shape index (κ3) is 2.98. The predicted octanol–water partition coefficient (Wildman–Crippen LogP) is 1.48. The van der Waals surface area contributed by atoms with Crippen LogP contribution >= 0.6 is 11.8 Å². The van der Waals surface area contributed by atoms with E-state index in [1.807, 2.05) is 0 Å². The van der Waals surface area contributed by atoms with Gasteiger partial charge in [-0.15, -0.1) is 0 Å².